The first-order valence-electron chi connectivity index (χ1n) is 6.72. The number of nitrogens with two attached hydrogens (primary N) is 1. The zero-order valence-electron chi connectivity index (χ0n) is 10.8. The summed E-state index contributed by atoms with van der Waals surface area (Å²) in [4.78, 5) is 14.4. The molecule has 1 aliphatic rings. The van der Waals surface area contributed by atoms with E-state index in [1.807, 2.05) is 29.2 Å². The van der Waals surface area contributed by atoms with Gasteiger partial charge in [0.15, 0.2) is 5.69 Å². The molecule has 5 nitrogen and oxygen atoms in total. The van der Waals surface area contributed by atoms with E-state index in [0.717, 1.165) is 36.8 Å². The van der Waals surface area contributed by atoms with Gasteiger partial charge in [0, 0.05) is 18.5 Å². The minimum atomic E-state index is 0.0212. The minimum Gasteiger partial charge on any atom is -0.337 e. The fourth-order valence-electron chi connectivity index (χ4n) is 2.65. The molecule has 2 aromatic rings. The summed E-state index contributed by atoms with van der Waals surface area (Å²) in [5.74, 6) is 0.577. The van der Waals surface area contributed by atoms with Crippen molar-refractivity contribution in [3.63, 3.8) is 0 Å². The highest BCUT2D eigenvalue weighted by molar-refractivity contribution is 6.04. The number of hydrogen-bond donors (Lipinski definition) is 2. The van der Waals surface area contributed by atoms with Crippen LogP contribution in [0.15, 0.2) is 24.3 Å². The van der Waals surface area contributed by atoms with Gasteiger partial charge in [0.25, 0.3) is 5.91 Å². The van der Waals surface area contributed by atoms with Crippen LogP contribution in [0.2, 0.25) is 0 Å². The number of rotatable bonds is 2. The first kappa shape index (κ1) is 12.2. The Morgan fingerprint density at radius 2 is 2.11 bits per heavy atom. The molecule has 3 N–H and O–H groups in total. The lowest BCUT2D eigenvalue weighted by atomic mass is 9.97. The summed E-state index contributed by atoms with van der Waals surface area (Å²) < 4.78 is 0. The number of hydrogen-bond acceptors (Lipinski definition) is 3. The van der Waals surface area contributed by atoms with E-state index in [4.69, 9.17) is 5.73 Å². The van der Waals surface area contributed by atoms with E-state index in [9.17, 15) is 4.79 Å². The lowest BCUT2D eigenvalue weighted by molar-refractivity contribution is 0.0689. The zero-order valence-corrected chi connectivity index (χ0v) is 10.8. The molecule has 0 spiro atoms. The third-order valence-corrected chi connectivity index (χ3v) is 3.91. The summed E-state index contributed by atoms with van der Waals surface area (Å²) in [7, 11) is 0. The topological polar surface area (TPSA) is 75.0 Å². The molecule has 1 aromatic carbocycles. The second kappa shape index (κ2) is 5.01. The van der Waals surface area contributed by atoms with Gasteiger partial charge in [0.1, 0.15) is 0 Å². The number of nitrogens with one attached hydrogen (secondary N) is 1. The predicted molar refractivity (Wildman–Crippen MR) is 73.8 cm³/mol. The van der Waals surface area contributed by atoms with E-state index < -0.39 is 0 Å². The van der Waals surface area contributed by atoms with Gasteiger partial charge in [-0.3, -0.25) is 9.89 Å². The highest BCUT2D eigenvalue weighted by Gasteiger charge is 2.25. The molecule has 1 fully saturated rings. The van der Waals surface area contributed by atoms with E-state index in [1.165, 1.54) is 0 Å². The highest BCUT2D eigenvalue weighted by atomic mass is 16.2. The Morgan fingerprint density at radius 3 is 2.84 bits per heavy atom. The Bertz CT molecular complexity index is 584. The van der Waals surface area contributed by atoms with Crippen molar-refractivity contribution in [1.82, 2.24) is 15.1 Å². The summed E-state index contributed by atoms with van der Waals surface area (Å²) in [6, 6.07) is 7.72. The number of amides is 1. The van der Waals surface area contributed by atoms with E-state index in [2.05, 4.69) is 10.2 Å². The Balaban J connectivity index is 1.81. The van der Waals surface area contributed by atoms with Crippen molar-refractivity contribution in [2.45, 2.75) is 12.8 Å². The number of nitrogens with zero attached hydrogens (tertiary/aromatic N) is 2. The van der Waals surface area contributed by atoms with Crippen molar-refractivity contribution in [2.75, 3.05) is 19.6 Å². The number of piperidine rings is 1. The number of para-hydroxylation sites is 1. The third kappa shape index (κ3) is 2.21. The molecule has 1 aliphatic heterocycles. The van der Waals surface area contributed by atoms with Gasteiger partial charge < -0.3 is 10.6 Å². The molecule has 0 saturated carbocycles. The highest BCUT2D eigenvalue weighted by Crippen LogP contribution is 2.21. The maximum atomic E-state index is 12.5. The molecule has 1 aromatic heterocycles. The summed E-state index contributed by atoms with van der Waals surface area (Å²) in [6.45, 7) is 2.27. The van der Waals surface area contributed by atoms with Gasteiger partial charge in [-0.2, -0.15) is 5.10 Å². The summed E-state index contributed by atoms with van der Waals surface area (Å²) >= 11 is 0. The Labute approximate surface area is 111 Å². The molecule has 19 heavy (non-hydrogen) atoms. The Hall–Kier alpha value is -1.88. The smallest absolute Gasteiger partial charge is 0.274 e. The maximum absolute atomic E-state index is 12.5. The monoisotopic (exact) mass is 258 g/mol. The fourth-order valence-corrected chi connectivity index (χ4v) is 2.65. The Morgan fingerprint density at radius 1 is 1.37 bits per heavy atom. The normalized spacial score (nSPS) is 17.0. The molecule has 0 atom stereocenters. The van der Waals surface area contributed by atoms with Gasteiger partial charge in [0.05, 0.1) is 5.52 Å². The molecular formula is C14H18N4O. The maximum Gasteiger partial charge on any atom is 0.274 e. The number of aromatic amines is 1. The molecule has 0 radical (unpaired) electrons. The van der Waals surface area contributed by atoms with Crippen LogP contribution in [0.3, 0.4) is 0 Å². The molecule has 0 aliphatic carbocycles. The van der Waals surface area contributed by atoms with Crippen LogP contribution in [0, 0.1) is 5.92 Å². The van der Waals surface area contributed by atoms with Crippen LogP contribution >= 0.6 is 0 Å². The number of fused-ring (bicyclic) bond motifs is 1. The van der Waals surface area contributed by atoms with Crippen molar-refractivity contribution in [1.29, 1.82) is 0 Å². The number of benzene rings is 1. The van der Waals surface area contributed by atoms with Gasteiger partial charge in [0.2, 0.25) is 0 Å². The number of H-pyrrole nitrogens is 1. The number of carbonyl (C=O) groups excluding carboxylic acids is 1. The molecule has 3 rings (SSSR count). The SMILES string of the molecule is NCC1CCN(C(=O)c2n[nH]c3ccccc23)CC1. The van der Waals surface area contributed by atoms with E-state index in [-0.39, 0.29) is 5.91 Å². The van der Waals surface area contributed by atoms with E-state index in [1.54, 1.807) is 0 Å². The second-order valence-corrected chi connectivity index (χ2v) is 5.09. The second-order valence-electron chi connectivity index (χ2n) is 5.09. The largest absolute Gasteiger partial charge is 0.337 e. The lowest BCUT2D eigenvalue weighted by Crippen LogP contribution is -2.40. The van der Waals surface area contributed by atoms with E-state index >= 15 is 0 Å². The number of likely N-dealkylation sites (tertiary alicyclic amines) is 1. The fraction of sp³-hybridized carbons (Fsp3) is 0.429. The van der Waals surface area contributed by atoms with Crippen LogP contribution in [0.25, 0.3) is 10.9 Å². The van der Waals surface area contributed by atoms with Crippen LogP contribution in [-0.2, 0) is 0 Å². The molecule has 0 bridgehead atoms. The number of carbonyl (C=O) groups is 1. The molecule has 5 heteroatoms. The molecular weight excluding hydrogens is 240 g/mol. The minimum absolute atomic E-state index is 0.0212. The first-order chi connectivity index (χ1) is 9.29. The van der Waals surface area contributed by atoms with Gasteiger partial charge in [-0.1, -0.05) is 18.2 Å². The summed E-state index contributed by atoms with van der Waals surface area (Å²) in [5.41, 5.74) is 7.11. The lowest BCUT2D eigenvalue weighted by Gasteiger charge is -2.30. The molecule has 100 valence electrons. The van der Waals surface area contributed by atoms with Gasteiger partial charge in [-0.25, -0.2) is 0 Å². The van der Waals surface area contributed by atoms with Crippen molar-refractivity contribution >= 4 is 16.8 Å². The Kier molecular flexibility index (Phi) is 3.21. The van der Waals surface area contributed by atoms with Crippen molar-refractivity contribution in [2.24, 2.45) is 11.7 Å². The third-order valence-electron chi connectivity index (χ3n) is 3.91. The standard InChI is InChI=1S/C14H18N4O/c15-9-10-5-7-18(8-6-10)14(19)13-11-3-1-2-4-12(11)16-17-13/h1-4,10H,5-9,15H2,(H,16,17). The van der Waals surface area contributed by atoms with Gasteiger partial charge in [-0.15, -0.1) is 0 Å². The average molecular weight is 258 g/mol. The summed E-state index contributed by atoms with van der Waals surface area (Å²) in [6.07, 6.45) is 1.98. The van der Waals surface area contributed by atoms with Crippen LogP contribution < -0.4 is 5.73 Å². The molecule has 1 amide bonds. The van der Waals surface area contributed by atoms with Crippen molar-refractivity contribution in [3.05, 3.63) is 30.0 Å². The van der Waals surface area contributed by atoms with Gasteiger partial charge in [-0.05, 0) is 31.4 Å². The molecule has 0 unspecified atom stereocenters. The predicted octanol–water partition coefficient (Wildman–Crippen LogP) is 1.37. The zero-order chi connectivity index (χ0) is 13.2. The van der Waals surface area contributed by atoms with Crippen LogP contribution in [0.4, 0.5) is 0 Å². The average Bonchev–Trinajstić information content (AvgIpc) is 2.90. The number of aromatic nitrogens is 2. The van der Waals surface area contributed by atoms with Crippen LogP contribution in [-0.4, -0.2) is 40.6 Å². The summed E-state index contributed by atoms with van der Waals surface area (Å²) in [5, 5.41) is 7.98. The first-order valence-corrected chi connectivity index (χ1v) is 6.72. The van der Waals surface area contributed by atoms with Crippen molar-refractivity contribution < 1.29 is 4.79 Å². The van der Waals surface area contributed by atoms with E-state index in [0.29, 0.717) is 18.2 Å². The van der Waals surface area contributed by atoms with Crippen LogP contribution in [0.5, 0.6) is 0 Å². The van der Waals surface area contributed by atoms with Crippen molar-refractivity contribution in [3.8, 4) is 0 Å². The van der Waals surface area contributed by atoms with Crippen LogP contribution in [0.1, 0.15) is 23.3 Å². The quantitative estimate of drug-likeness (QED) is 0.854. The molecule has 1 saturated heterocycles. The van der Waals surface area contributed by atoms with Gasteiger partial charge >= 0.3 is 0 Å². The molecule has 2 heterocycles.